The van der Waals surface area contributed by atoms with Crippen molar-refractivity contribution in [3.05, 3.63) is 48.0 Å². The summed E-state index contributed by atoms with van der Waals surface area (Å²) in [5, 5.41) is 2.67. The number of thioether (sulfide) groups is 1. The smallest absolute Gasteiger partial charge is 0.0164 e. The van der Waals surface area contributed by atoms with Crippen LogP contribution in [0.4, 0.5) is 0 Å². The Morgan fingerprint density at radius 1 is 1.00 bits per heavy atom. The Balaban J connectivity index is 0.000000853. The molecule has 0 aromatic heterocycles. The normalized spacial score (nSPS) is 13.3. The molecule has 1 heterocycles. The first-order valence-corrected chi connectivity index (χ1v) is 5.74. The molecule has 0 nitrogen and oxygen atoms in total. The predicted molar refractivity (Wildman–Crippen MR) is 74.0 cm³/mol. The van der Waals surface area contributed by atoms with Crippen molar-refractivity contribution >= 4 is 45.6 Å². The van der Waals surface area contributed by atoms with E-state index < -0.39 is 0 Å². The molecule has 0 fully saturated rings. The highest BCUT2D eigenvalue weighted by Gasteiger charge is 2.05. The van der Waals surface area contributed by atoms with Crippen molar-refractivity contribution in [1.29, 1.82) is 0 Å². The van der Waals surface area contributed by atoms with Gasteiger partial charge in [0.1, 0.15) is 0 Å². The van der Waals surface area contributed by atoms with Gasteiger partial charge in [-0.2, -0.15) is 0 Å². The number of hydrogen-bond donors (Lipinski definition) is 0. The molecule has 2 aromatic carbocycles. The molecule has 76 valence electrons. The van der Waals surface area contributed by atoms with Gasteiger partial charge in [0.15, 0.2) is 0 Å². The van der Waals surface area contributed by atoms with Crippen LogP contribution < -0.4 is 0 Å². The number of rotatable bonds is 0. The van der Waals surface area contributed by atoms with E-state index in [2.05, 4.69) is 48.6 Å². The Bertz CT molecular complexity index is 517. The Morgan fingerprint density at radius 2 is 1.73 bits per heavy atom. The van der Waals surface area contributed by atoms with Crippen molar-refractivity contribution in [2.75, 3.05) is 5.75 Å². The van der Waals surface area contributed by atoms with Gasteiger partial charge in [0.25, 0.3) is 0 Å². The standard InChI is InChI=1S/C13H10S.BrH/c1-2-5-11-9-13-12(6-3-7-14-13)8-10(11)4-1;/h1-6,8-9H,7H2;1H. The molecule has 3 rings (SSSR count). The maximum absolute atomic E-state index is 2.29. The van der Waals surface area contributed by atoms with Crippen LogP contribution in [-0.2, 0) is 0 Å². The van der Waals surface area contributed by atoms with E-state index in [1.807, 2.05) is 11.8 Å². The molecular weight excluding hydrogens is 268 g/mol. The van der Waals surface area contributed by atoms with Crippen LogP contribution in [-0.4, -0.2) is 5.75 Å². The van der Waals surface area contributed by atoms with Crippen LogP contribution in [0.5, 0.6) is 0 Å². The van der Waals surface area contributed by atoms with Crippen LogP contribution in [0.3, 0.4) is 0 Å². The van der Waals surface area contributed by atoms with Gasteiger partial charge in [0.2, 0.25) is 0 Å². The zero-order chi connectivity index (χ0) is 9.38. The summed E-state index contributed by atoms with van der Waals surface area (Å²) in [6, 6.07) is 13.1. The minimum atomic E-state index is 0. The molecule has 0 saturated heterocycles. The lowest BCUT2D eigenvalue weighted by atomic mass is 10.1. The van der Waals surface area contributed by atoms with Crippen molar-refractivity contribution in [3.63, 3.8) is 0 Å². The Morgan fingerprint density at radius 3 is 2.53 bits per heavy atom. The lowest BCUT2D eigenvalue weighted by molar-refractivity contribution is 1.44. The van der Waals surface area contributed by atoms with Crippen LogP contribution in [0.2, 0.25) is 0 Å². The molecular formula is C13H11BrS. The quantitative estimate of drug-likeness (QED) is 0.682. The first-order chi connectivity index (χ1) is 6.93. The average Bonchev–Trinajstić information content (AvgIpc) is 2.26. The highest BCUT2D eigenvalue weighted by Crippen LogP contribution is 2.31. The van der Waals surface area contributed by atoms with Gasteiger partial charge in [-0.3, -0.25) is 0 Å². The summed E-state index contributed by atoms with van der Waals surface area (Å²) < 4.78 is 0. The summed E-state index contributed by atoms with van der Waals surface area (Å²) in [5.41, 5.74) is 1.36. The van der Waals surface area contributed by atoms with Gasteiger partial charge < -0.3 is 0 Å². The monoisotopic (exact) mass is 278 g/mol. The van der Waals surface area contributed by atoms with Crippen molar-refractivity contribution < 1.29 is 0 Å². The Labute approximate surface area is 104 Å². The summed E-state index contributed by atoms with van der Waals surface area (Å²) in [4.78, 5) is 1.41. The molecule has 0 radical (unpaired) electrons. The molecule has 15 heavy (non-hydrogen) atoms. The van der Waals surface area contributed by atoms with Crippen molar-refractivity contribution in [1.82, 2.24) is 0 Å². The van der Waals surface area contributed by atoms with Crippen molar-refractivity contribution in [2.24, 2.45) is 0 Å². The fraction of sp³-hybridized carbons (Fsp3) is 0.0769. The zero-order valence-corrected chi connectivity index (χ0v) is 10.7. The minimum Gasteiger partial charge on any atom is -0.121 e. The maximum atomic E-state index is 2.29. The molecule has 2 heteroatoms. The number of fused-ring (bicyclic) bond motifs is 2. The highest BCUT2D eigenvalue weighted by atomic mass is 79.9. The van der Waals surface area contributed by atoms with Gasteiger partial charge in [-0.15, -0.1) is 28.7 Å². The van der Waals surface area contributed by atoms with Crippen LogP contribution in [0.1, 0.15) is 5.56 Å². The van der Waals surface area contributed by atoms with E-state index in [0.717, 1.165) is 5.75 Å². The molecule has 0 bridgehead atoms. The number of hydrogen-bond acceptors (Lipinski definition) is 1. The highest BCUT2D eigenvalue weighted by molar-refractivity contribution is 8.93. The van der Waals surface area contributed by atoms with E-state index in [1.54, 1.807) is 0 Å². The fourth-order valence-corrected chi connectivity index (χ4v) is 2.68. The lowest BCUT2D eigenvalue weighted by Crippen LogP contribution is -1.87. The van der Waals surface area contributed by atoms with Crippen molar-refractivity contribution in [2.45, 2.75) is 4.90 Å². The molecule has 0 N–H and O–H groups in total. The summed E-state index contributed by atoms with van der Waals surface area (Å²) >= 11 is 1.92. The van der Waals surface area contributed by atoms with E-state index in [9.17, 15) is 0 Å². The molecule has 1 aliphatic rings. The molecule has 0 atom stereocenters. The van der Waals surface area contributed by atoms with Gasteiger partial charge in [0.05, 0.1) is 0 Å². The molecule has 1 aliphatic heterocycles. The van der Waals surface area contributed by atoms with E-state index >= 15 is 0 Å². The van der Waals surface area contributed by atoms with Gasteiger partial charge >= 0.3 is 0 Å². The third-order valence-electron chi connectivity index (χ3n) is 2.51. The second kappa shape index (κ2) is 4.42. The third kappa shape index (κ3) is 1.97. The fourth-order valence-electron chi connectivity index (χ4n) is 1.81. The van der Waals surface area contributed by atoms with E-state index in [1.165, 1.54) is 21.2 Å². The van der Waals surface area contributed by atoms with E-state index in [4.69, 9.17) is 0 Å². The third-order valence-corrected chi connectivity index (χ3v) is 3.53. The van der Waals surface area contributed by atoms with Crippen LogP contribution >= 0.6 is 28.7 Å². The topological polar surface area (TPSA) is 0 Å². The SMILES string of the molecule is Br.C1=Cc2cc3ccccc3cc2SC1. The van der Waals surface area contributed by atoms with Crippen molar-refractivity contribution in [3.8, 4) is 0 Å². The molecule has 0 spiro atoms. The second-order valence-corrected chi connectivity index (χ2v) is 4.51. The number of halogens is 1. The first-order valence-electron chi connectivity index (χ1n) is 4.76. The predicted octanol–water partition coefficient (Wildman–Crippen LogP) is 4.54. The van der Waals surface area contributed by atoms with Crippen LogP contribution in [0.15, 0.2) is 47.4 Å². The molecule has 0 unspecified atom stereocenters. The Hall–Kier alpha value is -0.730. The largest absolute Gasteiger partial charge is 0.121 e. The zero-order valence-electron chi connectivity index (χ0n) is 8.14. The summed E-state index contributed by atoms with van der Waals surface area (Å²) in [5.74, 6) is 1.10. The van der Waals surface area contributed by atoms with Gasteiger partial charge in [-0.05, 0) is 28.5 Å². The second-order valence-electron chi connectivity index (χ2n) is 3.45. The summed E-state index contributed by atoms with van der Waals surface area (Å²) in [6.07, 6.45) is 4.44. The number of benzene rings is 2. The molecule has 0 aliphatic carbocycles. The van der Waals surface area contributed by atoms with E-state index in [0.29, 0.717) is 0 Å². The van der Waals surface area contributed by atoms with Gasteiger partial charge in [-0.25, -0.2) is 0 Å². The summed E-state index contributed by atoms with van der Waals surface area (Å²) in [7, 11) is 0. The molecule has 2 aromatic rings. The molecule has 0 saturated carbocycles. The molecule has 0 amide bonds. The van der Waals surface area contributed by atoms with Crippen LogP contribution in [0, 0.1) is 0 Å². The summed E-state index contributed by atoms with van der Waals surface area (Å²) in [6.45, 7) is 0. The van der Waals surface area contributed by atoms with E-state index in [-0.39, 0.29) is 17.0 Å². The maximum Gasteiger partial charge on any atom is 0.0164 e. The lowest BCUT2D eigenvalue weighted by Gasteiger charge is -2.10. The minimum absolute atomic E-state index is 0. The Kier molecular flexibility index (Phi) is 3.17. The van der Waals surface area contributed by atoms with Gasteiger partial charge in [0, 0.05) is 10.6 Å². The van der Waals surface area contributed by atoms with Gasteiger partial charge in [-0.1, -0.05) is 36.4 Å². The average molecular weight is 279 g/mol. The first kappa shape index (κ1) is 10.8. The van der Waals surface area contributed by atoms with Crippen LogP contribution in [0.25, 0.3) is 16.8 Å².